The summed E-state index contributed by atoms with van der Waals surface area (Å²) in [5.41, 5.74) is 1.50. The maximum atomic E-state index is 12.3. The fraction of sp³-hybridized carbons (Fsp3) is 0.353. The van der Waals surface area contributed by atoms with Crippen LogP contribution in [0.2, 0.25) is 0 Å². The van der Waals surface area contributed by atoms with Crippen molar-refractivity contribution in [2.75, 3.05) is 39.6 Å². The molecule has 0 radical (unpaired) electrons. The van der Waals surface area contributed by atoms with Gasteiger partial charge in [-0.25, -0.2) is 14.4 Å². The highest BCUT2D eigenvalue weighted by atomic mass is 16.5. The largest absolute Gasteiger partial charge is 0.466 e. The summed E-state index contributed by atoms with van der Waals surface area (Å²) in [5.74, 6) is -1.90. The van der Waals surface area contributed by atoms with Crippen molar-refractivity contribution in [3.05, 3.63) is 40.6 Å². The van der Waals surface area contributed by atoms with E-state index in [1.165, 1.54) is 26.2 Å². The SMILES string of the molecule is COC(=O)C1=C(C(=O)OC)N(c2cccc(C(=O)OC)c2C)COC1. The summed E-state index contributed by atoms with van der Waals surface area (Å²) >= 11 is 0. The fourth-order valence-electron chi connectivity index (χ4n) is 2.58. The number of nitrogens with zero attached hydrogens (tertiary/aromatic N) is 1. The molecule has 0 aliphatic carbocycles. The number of benzene rings is 1. The van der Waals surface area contributed by atoms with Crippen LogP contribution in [0.25, 0.3) is 0 Å². The molecular weight excluding hydrogens is 330 g/mol. The molecule has 1 aliphatic heterocycles. The van der Waals surface area contributed by atoms with E-state index in [2.05, 4.69) is 0 Å². The van der Waals surface area contributed by atoms with Gasteiger partial charge in [-0.2, -0.15) is 0 Å². The summed E-state index contributed by atoms with van der Waals surface area (Å²) in [6, 6.07) is 4.96. The number of carbonyl (C=O) groups is 3. The van der Waals surface area contributed by atoms with Crippen LogP contribution < -0.4 is 4.90 Å². The Labute approximate surface area is 144 Å². The van der Waals surface area contributed by atoms with Crippen molar-refractivity contribution in [1.29, 1.82) is 0 Å². The third-order valence-corrected chi connectivity index (χ3v) is 3.83. The summed E-state index contributed by atoms with van der Waals surface area (Å²) in [6.07, 6.45) is 0. The summed E-state index contributed by atoms with van der Waals surface area (Å²) in [6.45, 7) is 1.64. The average molecular weight is 349 g/mol. The third kappa shape index (κ3) is 3.48. The van der Waals surface area contributed by atoms with Crippen molar-refractivity contribution in [1.82, 2.24) is 0 Å². The Morgan fingerprint density at radius 1 is 1.00 bits per heavy atom. The Hall–Kier alpha value is -2.87. The Morgan fingerprint density at radius 2 is 1.64 bits per heavy atom. The van der Waals surface area contributed by atoms with Crippen LogP contribution in [0.15, 0.2) is 29.5 Å². The van der Waals surface area contributed by atoms with Gasteiger partial charge in [0.05, 0.1) is 39.1 Å². The zero-order valence-electron chi connectivity index (χ0n) is 14.5. The van der Waals surface area contributed by atoms with Gasteiger partial charge in [-0.1, -0.05) is 6.07 Å². The molecule has 0 fully saturated rings. The first-order chi connectivity index (χ1) is 12.0. The zero-order chi connectivity index (χ0) is 18.6. The predicted octanol–water partition coefficient (Wildman–Crippen LogP) is 1.18. The maximum absolute atomic E-state index is 12.3. The predicted molar refractivity (Wildman–Crippen MR) is 86.9 cm³/mol. The quantitative estimate of drug-likeness (QED) is 0.591. The van der Waals surface area contributed by atoms with Crippen LogP contribution in [0.5, 0.6) is 0 Å². The van der Waals surface area contributed by atoms with E-state index in [4.69, 9.17) is 18.9 Å². The Kier molecular flexibility index (Phi) is 5.76. The Bertz CT molecular complexity index is 739. The van der Waals surface area contributed by atoms with E-state index >= 15 is 0 Å². The zero-order valence-corrected chi connectivity index (χ0v) is 14.5. The minimum absolute atomic E-state index is 0.0103. The minimum Gasteiger partial charge on any atom is -0.466 e. The fourth-order valence-corrected chi connectivity index (χ4v) is 2.58. The molecule has 0 atom stereocenters. The lowest BCUT2D eigenvalue weighted by atomic mass is 10.0. The number of carbonyl (C=O) groups excluding carboxylic acids is 3. The molecule has 0 saturated heterocycles. The normalized spacial score (nSPS) is 14.2. The summed E-state index contributed by atoms with van der Waals surface area (Å²) in [5, 5.41) is 0. The molecular formula is C17H19NO7. The van der Waals surface area contributed by atoms with E-state index in [0.29, 0.717) is 16.8 Å². The number of esters is 3. The molecule has 0 saturated carbocycles. The molecule has 1 aliphatic rings. The molecule has 0 aromatic heterocycles. The van der Waals surface area contributed by atoms with Gasteiger partial charge in [-0.3, -0.25) is 0 Å². The lowest BCUT2D eigenvalue weighted by Crippen LogP contribution is -2.39. The van der Waals surface area contributed by atoms with Gasteiger partial charge < -0.3 is 23.8 Å². The van der Waals surface area contributed by atoms with Crippen LogP contribution in [-0.4, -0.2) is 52.6 Å². The standard InChI is InChI=1S/C17H19NO7/c1-10-11(15(19)22-2)6-5-7-13(10)18-9-25-8-12(16(20)23-3)14(18)17(21)24-4/h5-7H,8-9H2,1-4H3. The number of hydrogen-bond acceptors (Lipinski definition) is 8. The molecule has 1 heterocycles. The summed E-state index contributed by atoms with van der Waals surface area (Å²) < 4.78 is 19.7. The van der Waals surface area contributed by atoms with E-state index in [9.17, 15) is 14.4 Å². The maximum Gasteiger partial charge on any atom is 0.355 e. The smallest absolute Gasteiger partial charge is 0.355 e. The van der Waals surface area contributed by atoms with Crippen LogP contribution in [0.4, 0.5) is 5.69 Å². The van der Waals surface area contributed by atoms with E-state index in [-0.39, 0.29) is 24.6 Å². The number of rotatable bonds is 4. The van der Waals surface area contributed by atoms with Crippen molar-refractivity contribution < 1.29 is 33.3 Å². The van der Waals surface area contributed by atoms with Crippen LogP contribution in [0, 0.1) is 6.92 Å². The first-order valence-corrected chi connectivity index (χ1v) is 7.39. The summed E-state index contributed by atoms with van der Waals surface area (Å²) in [7, 11) is 3.72. The van der Waals surface area contributed by atoms with Crippen molar-refractivity contribution in [2.24, 2.45) is 0 Å². The van der Waals surface area contributed by atoms with Crippen molar-refractivity contribution in [3.8, 4) is 0 Å². The van der Waals surface area contributed by atoms with Crippen LogP contribution in [0.3, 0.4) is 0 Å². The molecule has 8 nitrogen and oxygen atoms in total. The number of hydrogen-bond donors (Lipinski definition) is 0. The van der Waals surface area contributed by atoms with E-state index < -0.39 is 17.9 Å². The molecule has 2 rings (SSSR count). The van der Waals surface area contributed by atoms with Gasteiger partial charge in [0.1, 0.15) is 12.4 Å². The molecule has 25 heavy (non-hydrogen) atoms. The molecule has 1 aromatic carbocycles. The van der Waals surface area contributed by atoms with Gasteiger partial charge in [0.25, 0.3) is 0 Å². The molecule has 0 bridgehead atoms. The highest BCUT2D eigenvalue weighted by molar-refractivity contribution is 6.04. The van der Waals surface area contributed by atoms with Gasteiger partial charge in [0, 0.05) is 5.69 Å². The topological polar surface area (TPSA) is 91.4 Å². The van der Waals surface area contributed by atoms with E-state index in [0.717, 1.165) is 0 Å². The Morgan fingerprint density at radius 3 is 2.24 bits per heavy atom. The molecule has 0 spiro atoms. The van der Waals surface area contributed by atoms with Crippen molar-refractivity contribution in [3.63, 3.8) is 0 Å². The first-order valence-electron chi connectivity index (χ1n) is 7.39. The summed E-state index contributed by atoms with van der Waals surface area (Å²) in [4.78, 5) is 37.7. The molecule has 0 N–H and O–H groups in total. The van der Waals surface area contributed by atoms with E-state index in [1.807, 2.05) is 0 Å². The highest BCUT2D eigenvalue weighted by Crippen LogP contribution is 2.31. The molecule has 0 unspecified atom stereocenters. The lowest BCUT2D eigenvalue weighted by molar-refractivity contribution is -0.140. The number of ether oxygens (including phenoxy) is 4. The number of anilines is 1. The molecule has 8 heteroatoms. The molecule has 1 aromatic rings. The second kappa shape index (κ2) is 7.80. The third-order valence-electron chi connectivity index (χ3n) is 3.83. The monoisotopic (exact) mass is 349 g/mol. The first kappa shape index (κ1) is 18.5. The lowest BCUT2D eigenvalue weighted by Gasteiger charge is -2.32. The van der Waals surface area contributed by atoms with Crippen molar-refractivity contribution in [2.45, 2.75) is 6.92 Å². The van der Waals surface area contributed by atoms with Gasteiger partial charge in [0.15, 0.2) is 0 Å². The van der Waals surface area contributed by atoms with Gasteiger partial charge in [-0.15, -0.1) is 0 Å². The second-order valence-corrected chi connectivity index (χ2v) is 5.16. The average Bonchev–Trinajstić information content (AvgIpc) is 2.65. The second-order valence-electron chi connectivity index (χ2n) is 5.16. The molecule has 0 amide bonds. The number of methoxy groups -OCH3 is 3. The van der Waals surface area contributed by atoms with Gasteiger partial charge in [0.2, 0.25) is 0 Å². The minimum atomic E-state index is -0.702. The molecule has 134 valence electrons. The van der Waals surface area contributed by atoms with Crippen LogP contribution >= 0.6 is 0 Å². The van der Waals surface area contributed by atoms with Gasteiger partial charge >= 0.3 is 17.9 Å². The Balaban J connectivity index is 2.62. The van der Waals surface area contributed by atoms with Crippen LogP contribution in [-0.2, 0) is 28.5 Å². The highest BCUT2D eigenvalue weighted by Gasteiger charge is 2.33. The van der Waals surface area contributed by atoms with E-state index in [1.54, 1.807) is 25.1 Å². The van der Waals surface area contributed by atoms with Crippen LogP contribution in [0.1, 0.15) is 15.9 Å². The van der Waals surface area contributed by atoms with Crippen molar-refractivity contribution >= 4 is 23.6 Å². The van der Waals surface area contributed by atoms with Gasteiger partial charge in [-0.05, 0) is 24.6 Å².